The molecule has 0 aliphatic carbocycles. The van der Waals surface area contributed by atoms with Crippen molar-refractivity contribution in [3.8, 4) is 0 Å². The maximum Gasteiger partial charge on any atom is 0.232 e. The van der Waals surface area contributed by atoms with E-state index in [0.29, 0.717) is 18.3 Å². The SMILES string of the molecule is CCC(Cl)c1noc(C2CCOC2)n1. The van der Waals surface area contributed by atoms with Crippen molar-refractivity contribution in [3.05, 3.63) is 11.7 Å². The minimum absolute atomic E-state index is 0.144. The van der Waals surface area contributed by atoms with Gasteiger partial charge in [-0.1, -0.05) is 12.1 Å². The molecule has 0 saturated carbocycles. The molecule has 0 N–H and O–H groups in total. The smallest absolute Gasteiger partial charge is 0.232 e. The Kier molecular flexibility index (Phi) is 3.03. The van der Waals surface area contributed by atoms with Crippen molar-refractivity contribution >= 4 is 11.6 Å². The second-order valence-electron chi connectivity index (χ2n) is 3.43. The highest BCUT2D eigenvalue weighted by Gasteiger charge is 2.24. The number of ether oxygens (including phenoxy) is 1. The van der Waals surface area contributed by atoms with Crippen LogP contribution in [0.5, 0.6) is 0 Å². The molecule has 2 heterocycles. The van der Waals surface area contributed by atoms with Crippen LogP contribution in [-0.2, 0) is 4.74 Å². The topological polar surface area (TPSA) is 48.2 Å². The Morgan fingerprint density at radius 1 is 1.64 bits per heavy atom. The second-order valence-corrected chi connectivity index (χ2v) is 3.95. The van der Waals surface area contributed by atoms with Crippen molar-refractivity contribution in [1.82, 2.24) is 10.1 Å². The van der Waals surface area contributed by atoms with Crippen molar-refractivity contribution in [2.24, 2.45) is 0 Å². The minimum Gasteiger partial charge on any atom is -0.381 e. The Labute approximate surface area is 87.6 Å². The summed E-state index contributed by atoms with van der Waals surface area (Å²) in [7, 11) is 0. The predicted octanol–water partition coefficient (Wildman–Crippen LogP) is 2.26. The van der Waals surface area contributed by atoms with Gasteiger partial charge in [0.1, 0.15) is 0 Å². The molecule has 0 aromatic carbocycles. The molecule has 0 radical (unpaired) electrons. The number of aromatic nitrogens is 2. The van der Waals surface area contributed by atoms with Crippen LogP contribution in [0.2, 0.25) is 0 Å². The van der Waals surface area contributed by atoms with Crippen molar-refractivity contribution in [2.45, 2.75) is 31.1 Å². The molecule has 2 rings (SSSR count). The van der Waals surface area contributed by atoms with E-state index in [-0.39, 0.29) is 11.3 Å². The largest absolute Gasteiger partial charge is 0.381 e. The lowest BCUT2D eigenvalue weighted by Gasteiger charge is -1.98. The van der Waals surface area contributed by atoms with E-state index in [1.807, 2.05) is 6.92 Å². The lowest BCUT2D eigenvalue weighted by atomic mass is 10.1. The first-order valence-electron chi connectivity index (χ1n) is 4.86. The highest BCUT2D eigenvalue weighted by atomic mass is 35.5. The molecule has 2 unspecified atom stereocenters. The zero-order valence-electron chi connectivity index (χ0n) is 8.07. The van der Waals surface area contributed by atoms with E-state index in [4.69, 9.17) is 20.9 Å². The summed E-state index contributed by atoms with van der Waals surface area (Å²) in [5, 5.41) is 3.71. The Bertz CT molecular complexity index is 297. The van der Waals surface area contributed by atoms with E-state index in [0.717, 1.165) is 19.4 Å². The van der Waals surface area contributed by atoms with E-state index in [1.165, 1.54) is 0 Å². The van der Waals surface area contributed by atoms with Crippen LogP contribution < -0.4 is 0 Å². The van der Waals surface area contributed by atoms with Gasteiger partial charge in [0.05, 0.1) is 17.9 Å². The number of nitrogens with zero attached hydrogens (tertiary/aromatic N) is 2. The van der Waals surface area contributed by atoms with E-state index < -0.39 is 0 Å². The van der Waals surface area contributed by atoms with Gasteiger partial charge < -0.3 is 9.26 Å². The molecular formula is C9H13ClN2O2. The Hall–Kier alpha value is -0.610. The molecule has 0 spiro atoms. The van der Waals surface area contributed by atoms with Gasteiger partial charge in [-0.3, -0.25) is 0 Å². The van der Waals surface area contributed by atoms with Crippen LogP contribution >= 0.6 is 11.6 Å². The fraction of sp³-hybridized carbons (Fsp3) is 0.778. The molecule has 14 heavy (non-hydrogen) atoms. The van der Waals surface area contributed by atoms with Gasteiger partial charge in [-0.2, -0.15) is 4.98 Å². The fourth-order valence-corrected chi connectivity index (χ4v) is 1.54. The maximum atomic E-state index is 5.99. The molecule has 1 aliphatic rings. The Balaban J connectivity index is 2.08. The van der Waals surface area contributed by atoms with Crippen molar-refractivity contribution in [2.75, 3.05) is 13.2 Å². The third kappa shape index (κ3) is 1.91. The van der Waals surface area contributed by atoms with Gasteiger partial charge in [-0.05, 0) is 12.8 Å². The molecule has 5 heteroatoms. The van der Waals surface area contributed by atoms with Crippen LogP contribution in [0.1, 0.15) is 42.8 Å². The van der Waals surface area contributed by atoms with Crippen LogP contribution in [0.15, 0.2) is 4.52 Å². The lowest BCUT2D eigenvalue weighted by molar-refractivity contribution is 0.189. The molecule has 1 aromatic heterocycles. The summed E-state index contributed by atoms with van der Waals surface area (Å²) in [4.78, 5) is 4.27. The molecule has 1 aromatic rings. The first kappa shape index (κ1) is 9.93. The van der Waals surface area contributed by atoms with E-state index in [2.05, 4.69) is 10.1 Å². The number of alkyl halides is 1. The normalized spacial score (nSPS) is 24.0. The molecule has 1 fully saturated rings. The first-order chi connectivity index (χ1) is 6.81. The average molecular weight is 217 g/mol. The van der Waals surface area contributed by atoms with Crippen LogP contribution in [0, 0.1) is 0 Å². The fourth-order valence-electron chi connectivity index (χ4n) is 1.45. The average Bonchev–Trinajstić information content (AvgIpc) is 2.86. The maximum absolute atomic E-state index is 5.99. The van der Waals surface area contributed by atoms with Gasteiger partial charge >= 0.3 is 0 Å². The summed E-state index contributed by atoms with van der Waals surface area (Å²) in [6, 6.07) is 0. The van der Waals surface area contributed by atoms with E-state index >= 15 is 0 Å². The zero-order valence-corrected chi connectivity index (χ0v) is 8.83. The molecule has 78 valence electrons. The third-order valence-corrected chi connectivity index (χ3v) is 2.88. The first-order valence-corrected chi connectivity index (χ1v) is 5.30. The summed E-state index contributed by atoms with van der Waals surface area (Å²) in [6.07, 6.45) is 1.77. The Morgan fingerprint density at radius 2 is 2.50 bits per heavy atom. The zero-order chi connectivity index (χ0) is 9.97. The van der Waals surface area contributed by atoms with Gasteiger partial charge in [0.15, 0.2) is 5.82 Å². The Morgan fingerprint density at radius 3 is 3.14 bits per heavy atom. The summed E-state index contributed by atoms with van der Waals surface area (Å²) in [6.45, 7) is 3.45. The molecule has 0 bridgehead atoms. The minimum atomic E-state index is -0.144. The summed E-state index contributed by atoms with van der Waals surface area (Å²) >= 11 is 5.99. The van der Waals surface area contributed by atoms with Gasteiger partial charge in [-0.25, -0.2) is 0 Å². The van der Waals surface area contributed by atoms with Crippen molar-refractivity contribution in [3.63, 3.8) is 0 Å². The van der Waals surface area contributed by atoms with Gasteiger partial charge in [0.2, 0.25) is 5.89 Å². The quantitative estimate of drug-likeness (QED) is 0.728. The van der Waals surface area contributed by atoms with E-state index in [1.54, 1.807) is 0 Å². The van der Waals surface area contributed by atoms with E-state index in [9.17, 15) is 0 Å². The standard InChI is InChI=1S/C9H13ClN2O2/c1-2-7(10)8-11-9(14-12-8)6-3-4-13-5-6/h6-7H,2-5H2,1H3. The van der Waals surface area contributed by atoms with Crippen molar-refractivity contribution < 1.29 is 9.26 Å². The third-order valence-electron chi connectivity index (χ3n) is 2.37. The van der Waals surface area contributed by atoms with Crippen LogP contribution in [0.4, 0.5) is 0 Å². The molecule has 0 amide bonds. The molecule has 2 atom stereocenters. The summed E-state index contributed by atoms with van der Waals surface area (Å²) in [5.41, 5.74) is 0. The lowest BCUT2D eigenvalue weighted by Crippen LogP contribution is -1.98. The highest BCUT2D eigenvalue weighted by molar-refractivity contribution is 6.20. The monoisotopic (exact) mass is 216 g/mol. The second kappa shape index (κ2) is 4.28. The van der Waals surface area contributed by atoms with Gasteiger partial charge in [-0.15, -0.1) is 11.6 Å². The highest BCUT2D eigenvalue weighted by Crippen LogP contribution is 2.26. The number of hydrogen-bond donors (Lipinski definition) is 0. The molecule has 1 saturated heterocycles. The summed E-state index contributed by atoms with van der Waals surface area (Å²) in [5.74, 6) is 1.52. The van der Waals surface area contributed by atoms with Crippen molar-refractivity contribution in [1.29, 1.82) is 0 Å². The number of hydrogen-bond acceptors (Lipinski definition) is 4. The number of rotatable bonds is 3. The predicted molar refractivity (Wildman–Crippen MR) is 51.4 cm³/mol. The van der Waals surface area contributed by atoms with Crippen LogP contribution in [-0.4, -0.2) is 23.4 Å². The van der Waals surface area contributed by atoms with Crippen LogP contribution in [0.25, 0.3) is 0 Å². The molecular weight excluding hydrogens is 204 g/mol. The van der Waals surface area contributed by atoms with Gasteiger partial charge in [0, 0.05) is 6.61 Å². The summed E-state index contributed by atoms with van der Waals surface area (Å²) < 4.78 is 10.4. The molecule has 4 nitrogen and oxygen atoms in total. The molecule has 1 aliphatic heterocycles. The van der Waals surface area contributed by atoms with Crippen LogP contribution in [0.3, 0.4) is 0 Å². The van der Waals surface area contributed by atoms with Gasteiger partial charge in [0.25, 0.3) is 0 Å². The number of halogens is 1.